The van der Waals surface area contributed by atoms with Gasteiger partial charge in [0.25, 0.3) is 0 Å². The first kappa shape index (κ1) is 43.4. The molecule has 0 heterocycles. The van der Waals surface area contributed by atoms with Crippen LogP contribution in [0.3, 0.4) is 0 Å². The van der Waals surface area contributed by atoms with Crippen LogP contribution in [0.4, 0.5) is 0 Å². The van der Waals surface area contributed by atoms with Crippen molar-refractivity contribution in [2.45, 2.75) is 0 Å². The van der Waals surface area contributed by atoms with Crippen molar-refractivity contribution in [3.05, 3.63) is 206 Å². The van der Waals surface area contributed by atoms with Gasteiger partial charge in [-0.05, 0) is 60.7 Å². The molecule has 0 spiro atoms. The Labute approximate surface area is 344 Å². The number of aliphatic hydroxyl groups excluding tert-OH is 1. The fourth-order valence-electron chi connectivity index (χ4n) is 5.99. The summed E-state index contributed by atoms with van der Waals surface area (Å²) < 4.78 is 22.7. The van der Waals surface area contributed by atoms with E-state index in [1.54, 1.807) is 28.4 Å². The van der Waals surface area contributed by atoms with Crippen LogP contribution in [0.1, 0.15) is 5.56 Å². The molecule has 0 saturated heterocycles. The van der Waals surface area contributed by atoms with Crippen LogP contribution in [0.15, 0.2) is 194 Å². The molecule has 7 rings (SSSR count). The average molecular weight is 825 g/mol. The van der Waals surface area contributed by atoms with Crippen LogP contribution in [0.25, 0.3) is 5.76 Å². The predicted molar refractivity (Wildman–Crippen MR) is 236 cm³/mol. The summed E-state index contributed by atoms with van der Waals surface area (Å²) in [7, 11) is 3.79. The number of benzene rings is 7. The van der Waals surface area contributed by atoms with Gasteiger partial charge in [0.05, 0.1) is 36.4 Å². The zero-order valence-electron chi connectivity index (χ0n) is 31.9. The van der Waals surface area contributed by atoms with Crippen LogP contribution in [0, 0.1) is 6.07 Å². The maximum Gasteiger partial charge on any atom is 0.185 e. The van der Waals surface area contributed by atoms with Gasteiger partial charge in [0.15, 0.2) is 39.4 Å². The molecule has 0 radical (unpaired) electrons. The van der Waals surface area contributed by atoms with Gasteiger partial charge in [-0.3, -0.25) is 0 Å². The largest absolute Gasteiger partial charge is 0.504 e. The summed E-state index contributed by atoms with van der Waals surface area (Å²) in [6.07, 6.45) is 0. The summed E-state index contributed by atoms with van der Waals surface area (Å²) in [5.41, 5.74) is 0.725. The summed E-state index contributed by atoms with van der Waals surface area (Å²) in [4.78, 5) is 0. The van der Waals surface area contributed by atoms with Crippen LogP contribution < -0.4 is 45.5 Å². The third kappa shape index (κ3) is 11.8. The van der Waals surface area contributed by atoms with Crippen molar-refractivity contribution in [2.75, 3.05) is 28.4 Å². The molecule has 0 fully saturated rings. The van der Waals surface area contributed by atoms with Gasteiger partial charge in [0.1, 0.15) is 29.7 Å². The normalized spacial score (nSPS) is 10.5. The fraction of sp³-hybridized carbons (Fsp3) is 0.0833. The van der Waals surface area contributed by atoms with Crippen molar-refractivity contribution in [2.24, 2.45) is 0 Å². The van der Waals surface area contributed by atoms with Crippen LogP contribution in [-0.4, -0.2) is 33.5 Å². The maximum atomic E-state index is 11.0. The molecule has 288 valence electrons. The van der Waals surface area contributed by atoms with Crippen molar-refractivity contribution in [3.8, 4) is 23.0 Å². The van der Waals surface area contributed by atoms with Crippen molar-refractivity contribution in [1.82, 2.24) is 0 Å². The number of hydrogen-bond donors (Lipinski definition) is 1. The third-order valence-electron chi connectivity index (χ3n) is 8.54. The number of hydrogen-bond acceptors (Lipinski definition) is 5. The van der Waals surface area contributed by atoms with E-state index in [4.69, 9.17) is 18.9 Å². The van der Waals surface area contributed by atoms with Gasteiger partial charge in [-0.2, -0.15) is 36.4 Å². The molecule has 8 heteroatoms. The molecule has 0 aliphatic rings. The second-order valence-corrected chi connectivity index (χ2v) is 16.5. The standard InChI is InChI=1S/C24H25O5P.C18H15P.C6H5.Ni/c1-26-19-12-8-13-20(27-2)23(19)30(16-18(25)17-10-6-5-7-11-17)24-21(28-3)14-9-15-22(24)29-4;1-4-10-16(11-5-1)19(17-12-6-2-7-13-17)18-14-8-3-9-15-18;1-2-4-6-5-3-1;/h5-16,25H,1-4H3;1-15H;1-5H;/q;;-1;/p+2/b18-16-;;;. The van der Waals surface area contributed by atoms with Gasteiger partial charge in [-0.15, -0.1) is 0 Å². The van der Waals surface area contributed by atoms with E-state index < -0.39 is 15.8 Å². The number of ether oxygens (including phenoxy) is 4. The van der Waals surface area contributed by atoms with E-state index in [0.717, 1.165) is 16.2 Å². The summed E-state index contributed by atoms with van der Waals surface area (Å²) in [6, 6.07) is 65.7. The van der Waals surface area contributed by atoms with E-state index in [1.165, 1.54) is 15.9 Å². The molecule has 7 aromatic rings. The van der Waals surface area contributed by atoms with Gasteiger partial charge < -0.3 is 24.1 Å². The smallest absolute Gasteiger partial charge is 0.185 e. The Kier molecular flexibility index (Phi) is 18.2. The van der Waals surface area contributed by atoms with Crippen molar-refractivity contribution >= 4 is 48.1 Å². The molecule has 0 saturated carbocycles. The average Bonchev–Trinajstić information content (AvgIpc) is 3.27. The SMILES string of the molecule is COc1cccc(OC)c1[PH+](/C=C(\O)c1ccccc1)c1c(OC)cccc1OC.[Ni].[c-]1ccccc1.c1ccc([PH+](c2ccccc2)c2ccccc2)cc1. The van der Waals surface area contributed by atoms with E-state index >= 15 is 0 Å². The maximum absolute atomic E-state index is 11.0. The van der Waals surface area contributed by atoms with Crippen molar-refractivity contribution < 1.29 is 40.5 Å². The molecule has 0 aliphatic heterocycles. The molecule has 56 heavy (non-hydrogen) atoms. The van der Waals surface area contributed by atoms with Crippen molar-refractivity contribution in [3.63, 3.8) is 0 Å². The fourth-order valence-corrected chi connectivity index (χ4v) is 11.3. The Balaban J connectivity index is 0.000000226. The van der Waals surface area contributed by atoms with Crippen LogP contribution in [0.5, 0.6) is 23.0 Å². The van der Waals surface area contributed by atoms with Crippen molar-refractivity contribution in [1.29, 1.82) is 0 Å². The summed E-state index contributed by atoms with van der Waals surface area (Å²) in [6.45, 7) is 0. The second kappa shape index (κ2) is 23.5. The van der Waals surface area contributed by atoms with Gasteiger partial charge in [-0.1, -0.05) is 97.1 Å². The number of methoxy groups -OCH3 is 4. The molecule has 7 aromatic carbocycles. The molecule has 0 amide bonds. The molecule has 1 N–H and O–H groups in total. The van der Waals surface area contributed by atoms with E-state index in [2.05, 4.69) is 97.1 Å². The zero-order chi connectivity index (χ0) is 38.7. The summed E-state index contributed by atoms with van der Waals surface area (Å²) >= 11 is 0. The Morgan fingerprint density at radius 1 is 0.446 bits per heavy atom. The molecule has 0 atom stereocenters. The molecule has 0 bridgehead atoms. The topological polar surface area (TPSA) is 57.2 Å². The number of aliphatic hydroxyl groups is 1. The Bertz CT molecular complexity index is 1950. The molecule has 0 aliphatic carbocycles. The first-order valence-electron chi connectivity index (χ1n) is 17.8. The second-order valence-electron chi connectivity index (χ2n) is 11.9. The first-order chi connectivity index (χ1) is 27.1. The number of rotatable bonds is 11. The monoisotopic (exact) mass is 823 g/mol. The van der Waals surface area contributed by atoms with Gasteiger partial charge in [0.2, 0.25) is 0 Å². The molecule has 5 nitrogen and oxygen atoms in total. The van der Waals surface area contributed by atoms with Crippen LogP contribution in [0.2, 0.25) is 0 Å². The van der Waals surface area contributed by atoms with E-state index in [1.807, 2.05) is 103 Å². The van der Waals surface area contributed by atoms with E-state index in [0.29, 0.717) is 23.0 Å². The van der Waals surface area contributed by atoms with Gasteiger partial charge in [-0.25, -0.2) is 0 Å². The Hall–Kier alpha value is -5.37. The van der Waals surface area contributed by atoms with Crippen LogP contribution in [-0.2, 0) is 16.5 Å². The van der Waals surface area contributed by atoms with Gasteiger partial charge in [0, 0.05) is 22.1 Å². The minimum atomic E-state index is -1.83. The summed E-state index contributed by atoms with van der Waals surface area (Å²) in [5.74, 6) is 4.73. The Morgan fingerprint density at radius 3 is 1.05 bits per heavy atom. The molecular formula is C48H47NiO5P2+. The Morgan fingerprint density at radius 2 is 0.768 bits per heavy atom. The molecule has 0 aromatic heterocycles. The van der Waals surface area contributed by atoms with E-state index in [-0.39, 0.29) is 22.3 Å². The quantitative estimate of drug-likeness (QED) is 0.0611. The zero-order valence-corrected chi connectivity index (χ0v) is 34.9. The predicted octanol–water partition coefficient (Wildman–Crippen LogP) is 9.10. The minimum absolute atomic E-state index is 0. The first-order valence-corrected chi connectivity index (χ1v) is 20.9. The van der Waals surface area contributed by atoms with E-state index in [9.17, 15) is 5.11 Å². The minimum Gasteiger partial charge on any atom is -0.504 e. The third-order valence-corrected chi connectivity index (χ3v) is 13.9. The van der Waals surface area contributed by atoms with Gasteiger partial charge >= 0.3 is 0 Å². The molecule has 0 unspecified atom stereocenters. The van der Waals surface area contributed by atoms with Crippen LogP contribution >= 0.6 is 15.8 Å². The molecular weight excluding hydrogens is 777 g/mol. The summed E-state index contributed by atoms with van der Waals surface area (Å²) in [5, 5.41) is 17.0.